The number of hydrogen-bond donors (Lipinski definition) is 0. The summed E-state index contributed by atoms with van der Waals surface area (Å²) >= 11 is 0. The summed E-state index contributed by atoms with van der Waals surface area (Å²) in [5, 5.41) is 0. The summed E-state index contributed by atoms with van der Waals surface area (Å²) in [7, 11) is 1.70. The van der Waals surface area contributed by atoms with Crippen LogP contribution in [-0.4, -0.2) is 12.9 Å². The van der Waals surface area contributed by atoms with Crippen LogP contribution in [0, 0.1) is 12.8 Å². The highest BCUT2D eigenvalue weighted by atomic mass is 16.5. The van der Waals surface area contributed by atoms with E-state index in [1.807, 2.05) is 6.07 Å². The molecule has 0 saturated heterocycles. The fraction of sp³-hybridized carbons (Fsp3) is 0.462. The molecule has 0 N–H and O–H groups in total. The number of carbonyl (C=O) groups excluding carboxylic acids is 1. The van der Waals surface area contributed by atoms with Gasteiger partial charge in [0.1, 0.15) is 11.5 Å². The zero-order valence-electron chi connectivity index (χ0n) is 9.04. The maximum atomic E-state index is 11.5. The van der Waals surface area contributed by atoms with Crippen LogP contribution in [0.4, 0.5) is 0 Å². The molecule has 1 aromatic carbocycles. The van der Waals surface area contributed by atoms with E-state index in [0.717, 1.165) is 18.6 Å². The predicted molar refractivity (Wildman–Crippen MR) is 57.3 cm³/mol. The van der Waals surface area contributed by atoms with Crippen LogP contribution in [0.3, 0.4) is 0 Å². The first-order valence-corrected chi connectivity index (χ1v) is 5.41. The van der Waals surface area contributed by atoms with Crippen LogP contribution in [0.5, 0.6) is 5.75 Å². The molecular weight excluding hydrogens is 188 g/mol. The lowest BCUT2D eigenvalue weighted by Crippen LogP contribution is -2.32. The number of rotatable bonds is 1. The van der Waals surface area contributed by atoms with Gasteiger partial charge in [-0.2, -0.15) is 0 Å². The van der Waals surface area contributed by atoms with Crippen LogP contribution in [-0.2, 0) is 11.2 Å². The maximum absolute atomic E-state index is 11.5. The number of ketones is 1. The number of benzene rings is 1. The van der Waals surface area contributed by atoms with Gasteiger partial charge >= 0.3 is 0 Å². The molecule has 78 valence electrons. The van der Waals surface area contributed by atoms with Crippen molar-refractivity contribution in [3.63, 3.8) is 0 Å². The molecule has 15 heavy (non-hydrogen) atoms. The van der Waals surface area contributed by atoms with Gasteiger partial charge in [0, 0.05) is 18.3 Å². The Morgan fingerprint density at radius 2 is 2.07 bits per heavy atom. The lowest BCUT2D eigenvalue weighted by Gasteiger charge is -2.29. The van der Waals surface area contributed by atoms with Gasteiger partial charge < -0.3 is 4.74 Å². The van der Waals surface area contributed by atoms with Crippen molar-refractivity contribution in [2.45, 2.75) is 25.7 Å². The molecule has 3 rings (SSSR count). The molecule has 2 atom stereocenters. The first-order valence-electron chi connectivity index (χ1n) is 5.41. The van der Waals surface area contributed by atoms with Crippen LogP contribution in [0.1, 0.15) is 29.0 Å². The van der Waals surface area contributed by atoms with Gasteiger partial charge in [-0.1, -0.05) is 6.07 Å². The van der Waals surface area contributed by atoms with E-state index in [1.165, 1.54) is 16.7 Å². The van der Waals surface area contributed by atoms with E-state index in [1.54, 1.807) is 7.11 Å². The molecule has 2 nitrogen and oxygen atoms in total. The summed E-state index contributed by atoms with van der Waals surface area (Å²) in [5.74, 6) is 2.13. The van der Waals surface area contributed by atoms with Gasteiger partial charge in [-0.25, -0.2) is 0 Å². The smallest absolute Gasteiger partial charge is 0.137 e. The quantitative estimate of drug-likeness (QED) is 0.698. The van der Waals surface area contributed by atoms with E-state index >= 15 is 0 Å². The van der Waals surface area contributed by atoms with Gasteiger partial charge in [0.05, 0.1) is 7.11 Å². The maximum Gasteiger partial charge on any atom is 0.137 e. The summed E-state index contributed by atoms with van der Waals surface area (Å²) in [6.45, 7) is 2.13. The van der Waals surface area contributed by atoms with Crippen molar-refractivity contribution in [1.29, 1.82) is 0 Å². The zero-order chi connectivity index (χ0) is 10.6. The Labute approximate surface area is 89.2 Å². The van der Waals surface area contributed by atoms with E-state index < -0.39 is 0 Å². The number of aryl methyl sites for hydroxylation is 1. The van der Waals surface area contributed by atoms with Crippen LogP contribution >= 0.6 is 0 Å². The summed E-state index contributed by atoms with van der Waals surface area (Å²) in [6, 6.07) is 4.12. The SMILES string of the molecule is COc1ccc(C)c2c1CC1C(=O)CC21. The molecule has 0 heterocycles. The molecule has 0 aromatic heterocycles. The monoisotopic (exact) mass is 202 g/mol. The molecule has 1 saturated carbocycles. The number of hydrogen-bond acceptors (Lipinski definition) is 2. The van der Waals surface area contributed by atoms with Crippen LogP contribution in [0.15, 0.2) is 12.1 Å². The standard InChI is InChI=1S/C13H14O2/c1-7-3-4-12(15-2)10-5-8-9(13(7)10)6-11(8)14/h3-4,8-9H,5-6H2,1-2H3. The summed E-state index contributed by atoms with van der Waals surface area (Å²) in [5.41, 5.74) is 3.98. The third-order valence-electron chi connectivity index (χ3n) is 3.87. The molecule has 2 aliphatic carbocycles. The van der Waals surface area contributed by atoms with E-state index in [4.69, 9.17) is 4.74 Å². The Hall–Kier alpha value is -1.31. The third kappa shape index (κ3) is 1.02. The van der Waals surface area contributed by atoms with Crippen molar-refractivity contribution in [3.8, 4) is 5.75 Å². The minimum absolute atomic E-state index is 0.259. The molecule has 2 unspecified atom stereocenters. The topological polar surface area (TPSA) is 26.3 Å². The highest BCUT2D eigenvalue weighted by Gasteiger charge is 2.47. The molecule has 2 heteroatoms. The Bertz CT molecular complexity index is 448. The number of methoxy groups -OCH3 is 1. The predicted octanol–water partition coefficient (Wildman–Crippen LogP) is 2.23. The molecule has 2 aliphatic rings. The fourth-order valence-corrected chi connectivity index (χ4v) is 3.03. The fourth-order valence-electron chi connectivity index (χ4n) is 3.03. The van der Waals surface area contributed by atoms with Crippen molar-refractivity contribution < 1.29 is 9.53 Å². The normalized spacial score (nSPS) is 26.9. The van der Waals surface area contributed by atoms with Gasteiger partial charge in [-0.3, -0.25) is 4.79 Å². The second-order valence-corrected chi connectivity index (χ2v) is 4.56. The zero-order valence-corrected chi connectivity index (χ0v) is 9.04. The number of ether oxygens (including phenoxy) is 1. The van der Waals surface area contributed by atoms with Gasteiger partial charge in [0.25, 0.3) is 0 Å². The highest BCUT2D eigenvalue weighted by molar-refractivity contribution is 5.91. The minimum atomic E-state index is 0.259. The van der Waals surface area contributed by atoms with Crippen molar-refractivity contribution in [2.24, 2.45) is 5.92 Å². The minimum Gasteiger partial charge on any atom is -0.496 e. The second-order valence-electron chi connectivity index (χ2n) is 4.56. The number of Topliss-reactive ketones (excluding diaryl/α,β-unsaturated/α-hetero) is 1. The van der Waals surface area contributed by atoms with Crippen molar-refractivity contribution in [3.05, 3.63) is 28.8 Å². The van der Waals surface area contributed by atoms with Gasteiger partial charge in [0.15, 0.2) is 0 Å². The molecular formula is C13H14O2. The van der Waals surface area contributed by atoms with Crippen molar-refractivity contribution in [2.75, 3.05) is 7.11 Å². The van der Waals surface area contributed by atoms with Gasteiger partial charge in [0.2, 0.25) is 0 Å². The van der Waals surface area contributed by atoms with E-state index in [-0.39, 0.29) is 5.92 Å². The lowest BCUT2D eigenvalue weighted by molar-refractivity contribution is -0.130. The average Bonchev–Trinajstić information content (AvgIpc) is 2.54. The molecule has 0 spiro atoms. The first-order chi connectivity index (χ1) is 7.22. The third-order valence-corrected chi connectivity index (χ3v) is 3.87. The molecule has 0 amide bonds. The first kappa shape index (κ1) is 8.96. The largest absolute Gasteiger partial charge is 0.496 e. The summed E-state index contributed by atoms with van der Waals surface area (Å²) in [6.07, 6.45) is 1.63. The molecule has 1 fully saturated rings. The highest BCUT2D eigenvalue weighted by Crippen LogP contribution is 2.52. The van der Waals surface area contributed by atoms with Crippen LogP contribution in [0.2, 0.25) is 0 Å². The Balaban J connectivity index is 2.15. The molecule has 0 aliphatic heterocycles. The molecule has 0 bridgehead atoms. The van der Waals surface area contributed by atoms with E-state index in [0.29, 0.717) is 11.7 Å². The van der Waals surface area contributed by atoms with Crippen LogP contribution < -0.4 is 4.74 Å². The van der Waals surface area contributed by atoms with E-state index in [9.17, 15) is 4.79 Å². The number of fused-ring (bicyclic) bond motifs is 3. The Morgan fingerprint density at radius 3 is 2.73 bits per heavy atom. The lowest BCUT2D eigenvalue weighted by atomic mass is 9.72. The van der Waals surface area contributed by atoms with Gasteiger partial charge in [-0.05, 0) is 36.1 Å². The Morgan fingerprint density at radius 1 is 1.27 bits per heavy atom. The van der Waals surface area contributed by atoms with E-state index in [2.05, 4.69) is 13.0 Å². The summed E-state index contributed by atoms with van der Waals surface area (Å²) < 4.78 is 5.36. The molecule has 1 aromatic rings. The number of carbonyl (C=O) groups is 1. The summed E-state index contributed by atoms with van der Waals surface area (Å²) in [4.78, 5) is 11.5. The van der Waals surface area contributed by atoms with Crippen LogP contribution in [0.25, 0.3) is 0 Å². The Kier molecular flexibility index (Phi) is 1.70. The average molecular weight is 202 g/mol. The van der Waals surface area contributed by atoms with Crippen molar-refractivity contribution in [1.82, 2.24) is 0 Å². The van der Waals surface area contributed by atoms with Crippen molar-refractivity contribution >= 4 is 5.78 Å². The second kappa shape index (κ2) is 2.84. The van der Waals surface area contributed by atoms with Gasteiger partial charge in [-0.15, -0.1) is 0 Å². The molecule has 0 radical (unpaired) electrons.